The summed E-state index contributed by atoms with van der Waals surface area (Å²) in [6.07, 6.45) is 3.14. The van der Waals surface area contributed by atoms with Crippen molar-refractivity contribution < 1.29 is 8.94 Å². The zero-order valence-electron chi connectivity index (χ0n) is 10.4. The fraction of sp³-hybridized carbons (Fsp3) is 0.133. The van der Waals surface area contributed by atoms with Crippen LogP contribution in [0.4, 0.5) is 5.82 Å². The molecule has 0 aliphatic heterocycles. The largest absolute Gasteiger partial charge is 0.469 e. The number of benzene rings is 1. The highest BCUT2D eigenvalue weighted by atomic mass is 16.5. The molecular formula is C15H14N2O2. The second-order valence-electron chi connectivity index (χ2n) is 4.31. The van der Waals surface area contributed by atoms with Crippen LogP contribution in [0.2, 0.25) is 0 Å². The minimum atomic E-state index is 0.431. The molecule has 3 aromatic rings. The molecule has 0 atom stereocenters. The maximum absolute atomic E-state index is 5.89. The second kappa shape index (κ2) is 5.02. The first-order valence-electron chi connectivity index (χ1n) is 6.16. The summed E-state index contributed by atoms with van der Waals surface area (Å²) < 4.78 is 10.6. The monoisotopic (exact) mass is 254 g/mol. The van der Waals surface area contributed by atoms with Crippen molar-refractivity contribution in [1.82, 2.24) is 5.16 Å². The van der Waals surface area contributed by atoms with Gasteiger partial charge in [0.05, 0.1) is 11.8 Å². The first-order valence-corrected chi connectivity index (χ1v) is 6.16. The lowest BCUT2D eigenvalue weighted by atomic mass is 10.0. The average Bonchev–Trinajstić information content (AvgIpc) is 3.07. The van der Waals surface area contributed by atoms with E-state index in [2.05, 4.69) is 5.16 Å². The molecule has 2 N–H and O–H groups in total. The van der Waals surface area contributed by atoms with Crippen LogP contribution < -0.4 is 5.73 Å². The molecule has 3 rings (SSSR count). The molecule has 0 fully saturated rings. The van der Waals surface area contributed by atoms with Crippen LogP contribution >= 0.6 is 0 Å². The molecule has 0 radical (unpaired) electrons. The van der Waals surface area contributed by atoms with Gasteiger partial charge in [0.2, 0.25) is 0 Å². The Bertz CT molecular complexity index is 642. The number of aromatic nitrogens is 1. The molecule has 0 amide bonds. The number of aryl methyl sites for hydroxylation is 2. The summed E-state index contributed by atoms with van der Waals surface area (Å²) in [4.78, 5) is 0. The van der Waals surface area contributed by atoms with Gasteiger partial charge in [-0.1, -0.05) is 35.5 Å². The van der Waals surface area contributed by atoms with E-state index in [1.54, 1.807) is 6.26 Å². The molecule has 0 saturated carbocycles. The van der Waals surface area contributed by atoms with Gasteiger partial charge < -0.3 is 14.7 Å². The van der Waals surface area contributed by atoms with E-state index in [-0.39, 0.29) is 0 Å². The van der Waals surface area contributed by atoms with Crippen LogP contribution in [0.5, 0.6) is 0 Å². The maximum atomic E-state index is 5.89. The van der Waals surface area contributed by atoms with Gasteiger partial charge in [-0.05, 0) is 17.7 Å². The first kappa shape index (κ1) is 11.6. The number of nitrogen functional groups attached to an aromatic ring is 1. The van der Waals surface area contributed by atoms with Crippen LogP contribution in [-0.4, -0.2) is 5.16 Å². The lowest BCUT2D eigenvalue weighted by Gasteiger charge is -2.01. The topological polar surface area (TPSA) is 65.2 Å². The van der Waals surface area contributed by atoms with E-state index in [0.29, 0.717) is 12.2 Å². The van der Waals surface area contributed by atoms with Gasteiger partial charge in [0, 0.05) is 12.8 Å². The SMILES string of the molecule is Nc1noc(CCc2ccco2)c1-c1ccccc1. The molecule has 4 heteroatoms. The number of furan rings is 1. The molecule has 96 valence electrons. The van der Waals surface area contributed by atoms with Crippen LogP contribution in [0, 0.1) is 0 Å². The minimum absolute atomic E-state index is 0.431. The first-order chi connectivity index (χ1) is 9.34. The van der Waals surface area contributed by atoms with Gasteiger partial charge in [0.15, 0.2) is 5.82 Å². The number of hydrogen-bond acceptors (Lipinski definition) is 4. The summed E-state index contributed by atoms with van der Waals surface area (Å²) in [6.45, 7) is 0. The van der Waals surface area contributed by atoms with E-state index >= 15 is 0 Å². The third-order valence-corrected chi connectivity index (χ3v) is 3.03. The van der Waals surface area contributed by atoms with Crippen LogP contribution in [0.1, 0.15) is 11.5 Å². The van der Waals surface area contributed by atoms with E-state index in [1.807, 2.05) is 42.5 Å². The zero-order valence-corrected chi connectivity index (χ0v) is 10.4. The lowest BCUT2D eigenvalue weighted by Crippen LogP contribution is -1.93. The van der Waals surface area contributed by atoms with Gasteiger partial charge in [-0.2, -0.15) is 0 Å². The van der Waals surface area contributed by atoms with Crippen LogP contribution in [0.25, 0.3) is 11.1 Å². The highest BCUT2D eigenvalue weighted by molar-refractivity contribution is 5.75. The van der Waals surface area contributed by atoms with E-state index in [9.17, 15) is 0 Å². The lowest BCUT2D eigenvalue weighted by molar-refractivity contribution is 0.382. The van der Waals surface area contributed by atoms with Gasteiger partial charge >= 0.3 is 0 Å². The van der Waals surface area contributed by atoms with E-state index in [0.717, 1.165) is 29.1 Å². The van der Waals surface area contributed by atoms with Crippen molar-refractivity contribution in [3.8, 4) is 11.1 Å². The standard InChI is InChI=1S/C15H14N2O2/c16-15-14(11-5-2-1-3-6-11)13(19-17-15)9-8-12-7-4-10-18-12/h1-7,10H,8-9H2,(H2,16,17). The highest BCUT2D eigenvalue weighted by Crippen LogP contribution is 2.30. The van der Waals surface area contributed by atoms with Gasteiger partial charge in [0.25, 0.3) is 0 Å². The predicted octanol–water partition coefficient (Wildman–Crippen LogP) is 3.30. The van der Waals surface area contributed by atoms with E-state index in [4.69, 9.17) is 14.7 Å². The third-order valence-electron chi connectivity index (χ3n) is 3.03. The highest BCUT2D eigenvalue weighted by Gasteiger charge is 2.15. The van der Waals surface area contributed by atoms with Crippen molar-refractivity contribution in [1.29, 1.82) is 0 Å². The quantitative estimate of drug-likeness (QED) is 0.775. The van der Waals surface area contributed by atoms with Crippen molar-refractivity contribution in [3.63, 3.8) is 0 Å². The number of nitrogens with two attached hydrogens (primary N) is 1. The Kier molecular flexibility index (Phi) is 3.06. The molecule has 4 nitrogen and oxygen atoms in total. The van der Waals surface area contributed by atoms with E-state index < -0.39 is 0 Å². The van der Waals surface area contributed by atoms with Crippen molar-refractivity contribution in [2.75, 3.05) is 5.73 Å². The Morgan fingerprint density at radius 1 is 1.00 bits per heavy atom. The Hall–Kier alpha value is -2.49. The average molecular weight is 254 g/mol. The summed E-state index contributed by atoms with van der Waals surface area (Å²) >= 11 is 0. The molecule has 0 spiro atoms. The molecule has 19 heavy (non-hydrogen) atoms. The van der Waals surface area contributed by atoms with Crippen molar-refractivity contribution in [2.45, 2.75) is 12.8 Å². The van der Waals surface area contributed by atoms with Crippen LogP contribution in [-0.2, 0) is 12.8 Å². The van der Waals surface area contributed by atoms with Gasteiger partial charge in [-0.3, -0.25) is 0 Å². The second-order valence-corrected chi connectivity index (χ2v) is 4.31. The molecule has 0 unspecified atom stereocenters. The Labute approximate surface area is 110 Å². The third kappa shape index (κ3) is 2.38. The summed E-state index contributed by atoms with van der Waals surface area (Å²) in [6, 6.07) is 13.7. The Morgan fingerprint density at radius 2 is 1.84 bits per heavy atom. The molecule has 0 aliphatic rings. The van der Waals surface area contributed by atoms with Gasteiger partial charge in [0.1, 0.15) is 11.5 Å². The summed E-state index contributed by atoms with van der Waals surface area (Å²) in [7, 11) is 0. The van der Waals surface area contributed by atoms with Crippen molar-refractivity contribution in [3.05, 3.63) is 60.2 Å². The smallest absolute Gasteiger partial charge is 0.175 e. The predicted molar refractivity (Wildman–Crippen MR) is 72.5 cm³/mol. The van der Waals surface area contributed by atoms with E-state index in [1.165, 1.54) is 0 Å². The fourth-order valence-corrected chi connectivity index (χ4v) is 2.11. The molecule has 1 aromatic carbocycles. The van der Waals surface area contributed by atoms with Crippen molar-refractivity contribution >= 4 is 5.82 Å². The number of anilines is 1. The summed E-state index contributed by atoms with van der Waals surface area (Å²) in [5, 5.41) is 3.87. The van der Waals surface area contributed by atoms with Crippen LogP contribution in [0.3, 0.4) is 0 Å². The van der Waals surface area contributed by atoms with Crippen molar-refractivity contribution in [2.24, 2.45) is 0 Å². The molecule has 0 aliphatic carbocycles. The molecule has 2 aromatic heterocycles. The maximum Gasteiger partial charge on any atom is 0.175 e. The number of hydrogen-bond donors (Lipinski definition) is 1. The summed E-state index contributed by atoms with van der Waals surface area (Å²) in [5.41, 5.74) is 7.80. The minimum Gasteiger partial charge on any atom is -0.469 e. The molecule has 2 heterocycles. The van der Waals surface area contributed by atoms with Gasteiger partial charge in [-0.15, -0.1) is 0 Å². The Morgan fingerprint density at radius 3 is 2.58 bits per heavy atom. The molecule has 0 bridgehead atoms. The fourth-order valence-electron chi connectivity index (χ4n) is 2.11. The molecule has 0 saturated heterocycles. The molecular weight excluding hydrogens is 240 g/mol. The summed E-state index contributed by atoms with van der Waals surface area (Å²) in [5.74, 6) is 2.15. The normalized spacial score (nSPS) is 10.7. The Balaban J connectivity index is 1.87. The number of nitrogens with zero attached hydrogens (tertiary/aromatic N) is 1. The zero-order chi connectivity index (χ0) is 13.1. The van der Waals surface area contributed by atoms with Gasteiger partial charge in [-0.25, -0.2) is 0 Å². The van der Waals surface area contributed by atoms with Crippen LogP contribution in [0.15, 0.2) is 57.7 Å². The number of rotatable bonds is 4.